The molecule has 0 bridgehead atoms. The van der Waals surface area contributed by atoms with Crippen molar-refractivity contribution in [3.05, 3.63) is 63.9 Å². The summed E-state index contributed by atoms with van der Waals surface area (Å²) < 4.78 is 6.62. The van der Waals surface area contributed by atoms with E-state index in [2.05, 4.69) is 32.9 Å². The smallest absolute Gasteiger partial charge is 0.263 e. The van der Waals surface area contributed by atoms with Crippen LogP contribution in [0.3, 0.4) is 0 Å². The first-order valence-corrected chi connectivity index (χ1v) is 8.24. The highest BCUT2D eigenvalue weighted by molar-refractivity contribution is 14.1. The molecular formula is C18H15IN2O2. The van der Waals surface area contributed by atoms with Gasteiger partial charge in [0.05, 0.1) is 5.69 Å². The van der Waals surface area contributed by atoms with Crippen LogP contribution in [-0.4, -0.2) is 17.5 Å². The maximum Gasteiger partial charge on any atom is 0.263 e. The van der Waals surface area contributed by atoms with Crippen LogP contribution < -0.4 is 10.1 Å². The molecular weight excluding hydrogens is 403 g/mol. The molecule has 0 fully saturated rings. The average molecular weight is 418 g/mol. The van der Waals surface area contributed by atoms with Crippen molar-refractivity contribution < 1.29 is 9.53 Å². The number of benzene rings is 2. The van der Waals surface area contributed by atoms with E-state index in [9.17, 15) is 4.79 Å². The average Bonchev–Trinajstić information content (AvgIpc) is 2.56. The van der Waals surface area contributed by atoms with Crippen molar-refractivity contribution in [2.24, 2.45) is 0 Å². The summed E-state index contributed by atoms with van der Waals surface area (Å²) in [4.78, 5) is 16.3. The van der Waals surface area contributed by atoms with E-state index in [1.165, 1.54) is 0 Å². The molecule has 0 unspecified atom stereocenters. The Labute approximate surface area is 148 Å². The van der Waals surface area contributed by atoms with E-state index in [-0.39, 0.29) is 12.5 Å². The molecule has 1 heterocycles. The molecule has 0 saturated carbocycles. The highest BCUT2D eigenvalue weighted by atomic mass is 127. The molecule has 0 aliphatic heterocycles. The number of ether oxygens (including phenoxy) is 1. The number of anilines is 1. The van der Waals surface area contributed by atoms with Crippen molar-refractivity contribution in [2.75, 3.05) is 11.9 Å². The first-order valence-electron chi connectivity index (χ1n) is 7.16. The number of aryl methyl sites for hydroxylation is 1. The van der Waals surface area contributed by atoms with Crippen LogP contribution in [0.5, 0.6) is 5.75 Å². The van der Waals surface area contributed by atoms with Crippen molar-refractivity contribution in [3.63, 3.8) is 0 Å². The lowest BCUT2D eigenvalue weighted by Crippen LogP contribution is -2.21. The first kappa shape index (κ1) is 15.7. The molecule has 0 radical (unpaired) electrons. The van der Waals surface area contributed by atoms with Gasteiger partial charge in [-0.25, -0.2) is 4.98 Å². The Balaban J connectivity index is 1.62. The van der Waals surface area contributed by atoms with E-state index < -0.39 is 0 Å². The molecule has 0 saturated heterocycles. The van der Waals surface area contributed by atoms with E-state index in [1.54, 1.807) is 6.07 Å². The predicted molar refractivity (Wildman–Crippen MR) is 99.8 cm³/mol. The van der Waals surface area contributed by atoms with Crippen molar-refractivity contribution in [1.29, 1.82) is 0 Å². The van der Waals surface area contributed by atoms with E-state index in [0.717, 1.165) is 20.0 Å². The number of hydrogen-bond donors (Lipinski definition) is 1. The van der Waals surface area contributed by atoms with Crippen molar-refractivity contribution in [2.45, 2.75) is 6.92 Å². The Bertz CT molecular complexity index is 865. The molecule has 5 heteroatoms. The molecule has 0 atom stereocenters. The van der Waals surface area contributed by atoms with Crippen LogP contribution in [0.2, 0.25) is 0 Å². The number of aromatic nitrogens is 1. The quantitative estimate of drug-likeness (QED) is 0.648. The standard InChI is InChI=1S/C18H15IN2O2/c1-12-16(19)8-9-17(20-12)21-18(22)11-23-15-7-6-13-4-2-3-5-14(13)10-15/h2-10H,11H2,1H3,(H,20,21,22). The molecule has 0 aliphatic rings. The largest absolute Gasteiger partial charge is 0.484 e. The third kappa shape index (κ3) is 3.98. The van der Waals surface area contributed by atoms with Gasteiger partial charge in [-0.1, -0.05) is 30.3 Å². The van der Waals surface area contributed by atoms with Gasteiger partial charge in [0, 0.05) is 3.57 Å². The van der Waals surface area contributed by atoms with E-state index in [4.69, 9.17) is 4.74 Å². The van der Waals surface area contributed by atoms with Crippen molar-refractivity contribution in [1.82, 2.24) is 4.98 Å². The highest BCUT2D eigenvalue weighted by Crippen LogP contribution is 2.20. The second kappa shape index (κ2) is 6.95. The lowest BCUT2D eigenvalue weighted by molar-refractivity contribution is -0.118. The summed E-state index contributed by atoms with van der Waals surface area (Å²) in [7, 11) is 0. The molecule has 116 valence electrons. The van der Waals surface area contributed by atoms with Crippen LogP contribution >= 0.6 is 22.6 Å². The van der Waals surface area contributed by atoms with Gasteiger partial charge in [0.1, 0.15) is 11.6 Å². The molecule has 1 N–H and O–H groups in total. The van der Waals surface area contributed by atoms with Crippen LogP contribution in [-0.2, 0) is 4.79 Å². The fourth-order valence-electron chi connectivity index (χ4n) is 2.20. The van der Waals surface area contributed by atoms with Crippen molar-refractivity contribution in [3.8, 4) is 5.75 Å². The molecule has 0 spiro atoms. The van der Waals surface area contributed by atoms with E-state index in [1.807, 2.05) is 55.5 Å². The van der Waals surface area contributed by atoms with Gasteiger partial charge in [-0.15, -0.1) is 0 Å². The molecule has 0 aliphatic carbocycles. The Morgan fingerprint density at radius 1 is 1.13 bits per heavy atom. The number of carbonyl (C=O) groups excluding carboxylic acids is 1. The summed E-state index contributed by atoms with van der Waals surface area (Å²) in [5.41, 5.74) is 0.888. The summed E-state index contributed by atoms with van der Waals surface area (Å²) >= 11 is 2.21. The number of carbonyl (C=O) groups is 1. The summed E-state index contributed by atoms with van der Waals surface area (Å²) in [6.45, 7) is 1.86. The number of halogens is 1. The molecule has 2 aromatic carbocycles. The lowest BCUT2D eigenvalue weighted by Gasteiger charge is -2.08. The highest BCUT2D eigenvalue weighted by Gasteiger charge is 2.06. The van der Waals surface area contributed by atoms with Crippen LogP contribution in [0.4, 0.5) is 5.82 Å². The van der Waals surface area contributed by atoms with Crippen LogP contribution in [0.15, 0.2) is 54.6 Å². The zero-order valence-electron chi connectivity index (χ0n) is 12.5. The number of pyridine rings is 1. The van der Waals surface area contributed by atoms with Crippen molar-refractivity contribution >= 4 is 45.1 Å². The second-order valence-electron chi connectivity index (χ2n) is 5.11. The number of fused-ring (bicyclic) bond motifs is 1. The third-order valence-electron chi connectivity index (χ3n) is 3.38. The number of nitrogens with zero attached hydrogens (tertiary/aromatic N) is 1. The second-order valence-corrected chi connectivity index (χ2v) is 6.27. The lowest BCUT2D eigenvalue weighted by atomic mass is 10.1. The zero-order chi connectivity index (χ0) is 16.2. The minimum atomic E-state index is -0.230. The van der Waals surface area contributed by atoms with E-state index >= 15 is 0 Å². The zero-order valence-corrected chi connectivity index (χ0v) is 14.7. The third-order valence-corrected chi connectivity index (χ3v) is 4.52. The SMILES string of the molecule is Cc1nc(NC(=O)COc2ccc3ccccc3c2)ccc1I. The van der Waals surface area contributed by atoms with Gasteiger partial charge in [0.2, 0.25) is 0 Å². The van der Waals surface area contributed by atoms with E-state index in [0.29, 0.717) is 11.6 Å². The van der Waals surface area contributed by atoms with Gasteiger partial charge < -0.3 is 10.1 Å². The molecule has 1 amide bonds. The number of hydrogen-bond acceptors (Lipinski definition) is 3. The molecule has 1 aromatic heterocycles. The number of amides is 1. The normalized spacial score (nSPS) is 10.5. The fourth-order valence-corrected chi connectivity index (χ4v) is 2.50. The summed E-state index contributed by atoms with van der Waals surface area (Å²) in [5, 5.41) is 4.96. The maximum absolute atomic E-state index is 12.0. The van der Waals surface area contributed by atoms with Gasteiger partial charge in [0.15, 0.2) is 6.61 Å². The summed E-state index contributed by atoms with van der Waals surface area (Å²) in [5.74, 6) is 0.979. The Hall–Kier alpha value is -2.15. The Morgan fingerprint density at radius 2 is 1.91 bits per heavy atom. The first-order chi connectivity index (χ1) is 11.1. The van der Waals surface area contributed by atoms with Gasteiger partial charge in [-0.3, -0.25) is 4.79 Å². The van der Waals surface area contributed by atoms with Crippen LogP contribution in [0.25, 0.3) is 10.8 Å². The Morgan fingerprint density at radius 3 is 2.70 bits per heavy atom. The molecule has 4 nitrogen and oxygen atoms in total. The Kier molecular flexibility index (Phi) is 4.76. The monoisotopic (exact) mass is 418 g/mol. The maximum atomic E-state index is 12.0. The van der Waals surface area contributed by atoms with Gasteiger partial charge in [-0.05, 0) is 64.6 Å². The number of rotatable bonds is 4. The molecule has 3 aromatic rings. The van der Waals surface area contributed by atoms with Crippen LogP contribution in [0, 0.1) is 10.5 Å². The topological polar surface area (TPSA) is 51.2 Å². The molecule has 3 rings (SSSR count). The predicted octanol–water partition coefficient (Wildman–Crippen LogP) is 4.17. The van der Waals surface area contributed by atoms with Gasteiger partial charge >= 0.3 is 0 Å². The van der Waals surface area contributed by atoms with Gasteiger partial charge in [0.25, 0.3) is 5.91 Å². The minimum absolute atomic E-state index is 0.0505. The molecule has 23 heavy (non-hydrogen) atoms. The number of nitrogens with one attached hydrogen (secondary N) is 1. The summed E-state index contributed by atoms with van der Waals surface area (Å²) in [6, 6.07) is 17.5. The van der Waals surface area contributed by atoms with Crippen LogP contribution in [0.1, 0.15) is 5.69 Å². The summed E-state index contributed by atoms with van der Waals surface area (Å²) in [6.07, 6.45) is 0. The minimum Gasteiger partial charge on any atom is -0.484 e. The van der Waals surface area contributed by atoms with Gasteiger partial charge in [-0.2, -0.15) is 0 Å². The fraction of sp³-hybridized carbons (Fsp3) is 0.111.